The number of nitrogens with two attached hydrogens (primary N) is 1. The minimum atomic E-state index is -3.57. The number of nitrogens with one attached hydrogen (secondary N) is 1. The molecule has 1 fully saturated rings. The fraction of sp³-hybridized carbons (Fsp3) is 0.500. The highest BCUT2D eigenvalue weighted by atomic mass is 32.2. The van der Waals surface area contributed by atoms with E-state index >= 15 is 0 Å². The Labute approximate surface area is 131 Å². The van der Waals surface area contributed by atoms with E-state index in [0.717, 1.165) is 0 Å². The second kappa shape index (κ2) is 6.64. The first-order chi connectivity index (χ1) is 10.4. The molecule has 0 radical (unpaired) electrons. The van der Waals surface area contributed by atoms with Crippen LogP contribution in [0.3, 0.4) is 0 Å². The number of hydrogen-bond acceptors (Lipinski definition) is 5. The van der Waals surface area contributed by atoms with Gasteiger partial charge in [0.15, 0.2) is 0 Å². The molecule has 22 heavy (non-hydrogen) atoms. The number of piperazine rings is 1. The quantitative estimate of drug-likeness (QED) is 0.599. The molecular formula is C14H22N4O3S. The summed E-state index contributed by atoms with van der Waals surface area (Å²) in [5, 5.41) is 7.61. The Morgan fingerprint density at radius 1 is 1.32 bits per heavy atom. The van der Waals surface area contributed by atoms with Crippen molar-refractivity contribution < 1.29 is 13.2 Å². The predicted octanol–water partition coefficient (Wildman–Crippen LogP) is 0.305. The van der Waals surface area contributed by atoms with Gasteiger partial charge < -0.3 is 15.4 Å². The minimum absolute atomic E-state index is 0.144. The van der Waals surface area contributed by atoms with Gasteiger partial charge in [0.05, 0.1) is 17.1 Å². The summed E-state index contributed by atoms with van der Waals surface area (Å²) >= 11 is 0. The number of nitrogens with zero attached hydrogens (tertiary/aromatic N) is 2. The van der Waals surface area contributed by atoms with Gasteiger partial charge in [0, 0.05) is 26.2 Å². The van der Waals surface area contributed by atoms with Gasteiger partial charge in [-0.3, -0.25) is 5.41 Å². The summed E-state index contributed by atoms with van der Waals surface area (Å²) < 4.78 is 32.2. The van der Waals surface area contributed by atoms with Crippen molar-refractivity contribution in [3.63, 3.8) is 0 Å². The van der Waals surface area contributed by atoms with Gasteiger partial charge in [-0.15, -0.1) is 0 Å². The van der Waals surface area contributed by atoms with Crippen molar-refractivity contribution in [2.75, 3.05) is 39.8 Å². The molecular weight excluding hydrogens is 304 g/mol. The molecule has 2 rings (SSSR count). The van der Waals surface area contributed by atoms with Gasteiger partial charge in [0.1, 0.15) is 11.6 Å². The molecule has 0 saturated carbocycles. The number of amidine groups is 1. The zero-order valence-electron chi connectivity index (χ0n) is 12.9. The van der Waals surface area contributed by atoms with E-state index in [0.29, 0.717) is 44.1 Å². The molecule has 3 N–H and O–H groups in total. The molecule has 0 unspecified atom stereocenters. The number of nitrogen functional groups attached to an aromatic ring is 1. The molecule has 0 aromatic heterocycles. The molecule has 8 heteroatoms. The summed E-state index contributed by atoms with van der Waals surface area (Å²) in [5.41, 5.74) is 5.84. The highest BCUT2D eigenvalue weighted by Gasteiger charge is 2.28. The van der Waals surface area contributed by atoms with Crippen LogP contribution in [0.15, 0.2) is 23.1 Å². The van der Waals surface area contributed by atoms with E-state index in [1.165, 1.54) is 16.4 Å². The molecule has 1 heterocycles. The average molecular weight is 326 g/mol. The van der Waals surface area contributed by atoms with Crippen LogP contribution < -0.4 is 10.5 Å². The van der Waals surface area contributed by atoms with Crippen LogP contribution in [0.1, 0.15) is 12.5 Å². The van der Waals surface area contributed by atoms with Crippen molar-refractivity contribution in [2.45, 2.75) is 11.8 Å². The van der Waals surface area contributed by atoms with Crippen LogP contribution in [0.2, 0.25) is 0 Å². The fourth-order valence-electron chi connectivity index (χ4n) is 2.34. The molecule has 1 aliphatic heterocycles. The van der Waals surface area contributed by atoms with Gasteiger partial charge in [-0.25, -0.2) is 8.42 Å². The van der Waals surface area contributed by atoms with Crippen LogP contribution in [-0.4, -0.2) is 63.3 Å². The van der Waals surface area contributed by atoms with Crippen LogP contribution in [0.25, 0.3) is 0 Å². The lowest BCUT2D eigenvalue weighted by atomic mass is 10.2. The van der Waals surface area contributed by atoms with E-state index in [2.05, 4.69) is 4.90 Å². The van der Waals surface area contributed by atoms with E-state index in [1.807, 2.05) is 14.0 Å². The van der Waals surface area contributed by atoms with Crippen molar-refractivity contribution in [3.05, 3.63) is 23.8 Å². The number of benzene rings is 1. The lowest BCUT2D eigenvalue weighted by molar-refractivity contribution is 0.222. The zero-order chi connectivity index (χ0) is 16.3. The zero-order valence-corrected chi connectivity index (χ0v) is 13.7. The summed E-state index contributed by atoms with van der Waals surface area (Å²) in [6.07, 6.45) is 0. The first kappa shape index (κ1) is 16.7. The van der Waals surface area contributed by atoms with Gasteiger partial charge >= 0.3 is 0 Å². The summed E-state index contributed by atoms with van der Waals surface area (Å²) in [6.45, 7) is 4.57. The second-order valence-electron chi connectivity index (χ2n) is 5.21. The van der Waals surface area contributed by atoms with Crippen molar-refractivity contribution in [1.82, 2.24) is 9.21 Å². The smallest absolute Gasteiger partial charge is 0.243 e. The molecule has 0 atom stereocenters. The Kier molecular flexibility index (Phi) is 5.05. The van der Waals surface area contributed by atoms with Crippen molar-refractivity contribution >= 4 is 15.9 Å². The van der Waals surface area contributed by atoms with Gasteiger partial charge in [0.25, 0.3) is 0 Å². The van der Waals surface area contributed by atoms with Crippen LogP contribution >= 0.6 is 0 Å². The van der Waals surface area contributed by atoms with Crippen molar-refractivity contribution in [3.8, 4) is 5.75 Å². The van der Waals surface area contributed by atoms with Gasteiger partial charge in [-0.2, -0.15) is 4.31 Å². The second-order valence-corrected chi connectivity index (χ2v) is 7.15. The van der Waals surface area contributed by atoms with Crippen LogP contribution in [0.4, 0.5) is 0 Å². The Bertz CT molecular complexity index is 652. The lowest BCUT2D eigenvalue weighted by Crippen LogP contribution is -2.47. The first-order valence-electron chi connectivity index (χ1n) is 7.16. The molecule has 1 aliphatic rings. The van der Waals surface area contributed by atoms with Crippen LogP contribution in [0.5, 0.6) is 5.75 Å². The minimum Gasteiger partial charge on any atom is -0.493 e. The predicted molar refractivity (Wildman–Crippen MR) is 84.9 cm³/mol. The molecule has 1 saturated heterocycles. The highest BCUT2D eigenvalue weighted by molar-refractivity contribution is 7.89. The molecule has 0 amide bonds. The number of hydrogen-bond donors (Lipinski definition) is 2. The molecule has 0 spiro atoms. The maximum absolute atomic E-state index is 12.7. The van der Waals surface area contributed by atoms with Gasteiger partial charge in [-0.05, 0) is 32.2 Å². The fourth-order valence-corrected chi connectivity index (χ4v) is 3.79. The van der Waals surface area contributed by atoms with Crippen molar-refractivity contribution in [2.24, 2.45) is 5.73 Å². The largest absolute Gasteiger partial charge is 0.493 e. The summed E-state index contributed by atoms with van der Waals surface area (Å²) in [7, 11) is -1.61. The topological polar surface area (TPSA) is 99.7 Å². The first-order valence-corrected chi connectivity index (χ1v) is 8.60. The number of likely N-dealkylation sites (N-methyl/N-ethyl adjacent to an activating group) is 1. The molecule has 0 aliphatic carbocycles. The summed E-state index contributed by atoms with van der Waals surface area (Å²) in [5.74, 6) is 0.214. The summed E-state index contributed by atoms with van der Waals surface area (Å²) in [6, 6.07) is 4.48. The Morgan fingerprint density at radius 2 is 1.95 bits per heavy atom. The maximum atomic E-state index is 12.7. The van der Waals surface area contributed by atoms with E-state index in [4.69, 9.17) is 15.9 Å². The van der Waals surface area contributed by atoms with Crippen molar-refractivity contribution in [1.29, 1.82) is 5.41 Å². The lowest BCUT2D eigenvalue weighted by Gasteiger charge is -2.31. The molecule has 1 aromatic rings. The monoisotopic (exact) mass is 326 g/mol. The van der Waals surface area contributed by atoms with E-state index in [9.17, 15) is 8.42 Å². The van der Waals surface area contributed by atoms with E-state index in [1.54, 1.807) is 6.07 Å². The standard InChI is InChI=1S/C14H22N4O3S/c1-3-21-13-5-4-11(10-12(13)14(15)16)22(19,20)18-8-6-17(2)7-9-18/h4-5,10H,3,6-9H2,1-2H3,(H3,15,16). The maximum Gasteiger partial charge on any atom is 0.243 e. The molecule has 0 bridgehead atoms. The Balaban J connectivity index is 2.35. The number of ether oxygens (including phenoxy) is 1. The number of sulfonamides is 1. The van der Waals surface area contributed by atoms with Gasteiger partial charge in [0.2, 0.25) is 10.0 Å². The van der Waals surface area contributed by atoms with E-state index in [-0.39, 0.29) is 10.7 Å². The Morgan fingerprint density at radius 3 is 2.50 bits per heavy atom. The van der Waals surface area contributed by atoms with E-state index < -0.39 is 10.0 Å². The van der Waals surface area contributed by atoms with Gasteiger partial charge in [-0.1, -0.05) is 0 Å². The molecule has 122 valence electrons. The normalized spacial score (nSPS) is 17.4. The third kappa shape index (κ3) is 3.40. The molecule has 1 aromatic carbocycles. The SMILES string of the molecule is CCOc1ccc(S(=O)(=O)N2CCN(C)CC2)cc1C(=N)N. The molecule has 7 nitrogen and oxygen atoms in total. The third-order valence-electron chi connectivity index (χ3n) is 3.64. The third-order valence-corrected chi connectivity index (χ3v) is 5.54. The highest BCUT2D eigenvalue weighted by Crippen LogP contribution is 2.25. The summed E-state index contributed by atoms with van der Waals surface area (Å²) in [4.78, 5) is 2.23. The van der Waals surface area contributed by atoms with Crippen LogP contribution in [0, 0.1) is 5.41 Å². The Hall–Kier alpha value is -1.64. The average Bonchev–Trinajstić information content (AvgIpc) is 2.48. The van der Waals surface area contributed by atoms with Crippen LogP contribution in [-0.2, 0) is 10.0 Å². The number of rotatable bonds is 5.